The van der Waals surface area contributed by atoms with E-state index in [0.29, 0.717) is 33.8 Å². The fraction of sp³-hybridized carbons (Fsp3) is 0.143. The number of hydrogen-bond acceptors (Lipinski definition) is 6. The van der Waals surface area contributed by atoms with E-state index in [9.17, 15) is 19.2 Å². The normalized spacial score (nSPS) is 14.3. The van der Waals surface area contributed by atoms with Crippen molar-refractivity contribution < 1.29 is 28.7 Å². The molecule has 0 bridgehead atoms. The van der Waals surface area contributed by atoms with Gasteiger partial charge in [-0.15, -0.1) is 0 Å². The number of rotatable bonds is 8. The molecule has 5 amide bonds. The highest BCUT2D eigenvalue weighted by atomic mass is 79.9. The molecule has 0 saturated carbocycles. The van der Waals surface area contributed by atoms with E-state index in [-0.39, 0.29) is 23.8 Å². The van der Waals surface area contributed by atoms with Crippen LogP contribution in [0.25, 0.3) is 6.08 Å². The molecule has 1 fully saturated rings. The van der Waals surface area contributed by atoms with E-state index in [2.05, 4.69) is 26.6 Å². The highest BCUT2D eigenvalue weighted by Crippen LogP contribution is 2.38. The molecule has 1 saturated heterocycles. The summed E-state index contributed by atoms with van der Waals surface area (Å²) in [6, 6.07) is 18.1. The first-order valence-electron chi connectivity index (χ1n) is 11.7. The molecule has 0 unspecified atom stereocenters. The van der Waals surface area contributed by atoms with Crippen LogP contribution in [0.4, 0.5) is 16.2 Å². The molecule has 0 aromatic heterocycles. The molecule has 3 aromatic rings. The highest BCUT2D eigenvalue weighted by molar-refractivity contribution is 9.10. The summed E-state index contributed by atoms with van der Waals surface area (Å²) in [6.07, 6.45) is 1.37. The van der Waals surface area contributed by atoms with Crippen molar-refractivity contribution >= 4 is 57.1 Å². The summed E-state index contributed by atoms with van der Waals surface area (Å²) < 4.78 is 11.9. The van der Waals surface area contributed by atoms with Gasteiger partial charge >= 0.3 is 6.03 Å². The minimum absolute atomic E-state index is 0.226. The number of halogens is 1. The van der Waals surface area contributed by atoms with Crippen molar-refractivity contribution in [3.63, 3.8) is 0 Å². The van der Waals surface area contributed by atoms with Gasteiger partial charge in [-0.1, -0.05) is 35.9 Å². The maximum absolute atomic E-state index is 13.2. The lowest BCUT2D eigenvalue weighted by Crippen LogP contribution is -2.54. The topological polar surface area (TPSA) is 114 Å². The van der Waals surface area contributed by atoms with Gasteiger partial charge in [0.15, 0.2) is 18.1 Å². The van der Waals surface area contributed by atoms with E-state index < -0.39 is 17.8 Å². The molecule has 10 heteroatoms. The fourth-order valence-electron chi connectivity index (χ4n) is 3.68. The van der Waals surface area contributed by atoms with Crippen LogP contribution in [0.2, 0.25) is 0 Å². The standard InChI is InChI=1S/C28H24BrN3O6/c1-3-37-23-15-18(14-22(29)25(23)38-16-24(33)30-19-7-5-4-6-8-19)13-21-26(34)31-28(36)32(27(21)35)20-11-9-17(2)10-12-20/h4-15H,3,16H2,1-2H3,(H,30,33)(H,31,34,36)/b21-13+. The van der Waals surface area contributed by atoms with Gasteiger partial charge in [-0.3, -0.25) is 19.7 Å². The second-order valence-electron chi connectivity index (χ2n) is 8.26. The second-order valence-corrected chi connectivity index (χ2v) is 9.11. The fourth-order valence-corrected chi connectivity index (χ4v) is 4.26. The van der Waals surface area contributed by atoms with E-state index in [1.807, 2.05) is 13.0 Å². The summed E-state index contributed by atoms with van der Waals surface area (Å²) >= 11 is 3.43. The van der Waals surface area contributed by atoms with Crippen LogP contribution in [0.1, 0.15) is 18.1 Å². The summed E-state index contributed by atoms with van der Waals surface area (Å²) in [5.41, 5.74) is 2.15. The molecule has 0 atom stereocenters. The number of nitrogens with one attached hydrogen (secondary N) is 2. The lowest BCUT2D eigenvalue weighted by Gasteiger charge is -2.26. The zero-order valence-electron chi connectivity index (χ0n) is 20.6. The molecule has 1 aliphatic rings. The SMILES string of the molecule is CCOc1cc(/C=C2\C(=O)NC(=O)N(c3ccc(C)cc3)C2=O)cc(Br)c1OCC(=O)Nc1ccccc1. The molecule has 4 rings (SSSR count). The number of benzene rings is 3. The second kappa shape index (κ2) is 11.7. The molecule has 38 heavy (non-hydrogen) atoms. The number of anilines is 2. The van der Waals surface area contributed by atoms with Gasteiger partial charge < -0.3 is 14.8 Å². The largest absolute Gasteiger partial charge is 0.490 e. The average molecular weight is 578 g/mol. The molecule has 194 valence electrons. The van der Waals surface area contributed by atoms with Crippen LogP contribution in [-0.2, 0) is 14.4 Å². The minimum atomic E-state index is -0.824. The zero-order chi connectivity index (χ0) is 27.2. The first kappa shape index (κ1) is 26.6. The lowest BCUT2D eigenvalue weighted by atomic mass is 10.1. The highest BCUT2D eigenvalue weighted by Gasteiger charge is 2.36. The number of barbiturate groups is 1. The van der Waals surface area contributed by atoms with Gasteiger partial charge in [0.25, 0.3) is 17.7 Å². The monoisotopic (exact) mass is 577 g/mol. The van der Waals surface area contributed by atoms with Gasteiger partial charge in [0.1, 0.15) is 5.57 Å². The van der Waals surface area contributed by atoms with Gasteiger partial charge in [-0.25, -0.2) is 9.69 Å². The Bertz CT molecular complexity index is 1420. The van der Waals surface area contributed by atoms with Crippen LogP contribution in [0, 0.1) is 6.92 Å². The van der Waals surface area contributed by atoms with Crippen molar-refractivity contribution in [2.45, 2.75) is 13.8 Å². The van der Waals surface area contributed by atoms with E-state index in [0.717, 1.165) is 10.5 Å². The average Bonchev–Trinajstić information content (AvgIpc) is 2.88. The van der Waals surface area contributed by atoms with E-state index >= 15 is 0 Å². The minimum Gasteiger partial charge on any atom is -0.490 e. The van der Waals surface area contributed by atoms with Crippen LogP contribution in [0.3, 0.4) is 0 Å². The predicted octanol–water partition coefficient (Wildman–Crippen LogP) is 4.84. The van der Waals surface area contributed by atoms with Gasteiger partial charge in [0.2, 0.25) is 0 Å². The zero-order valence-corrected chi connectivity index (χ0v) is 22.2. The van der Waals surface area contributed by atoms with Crippen molar-refractivity contribution in [2.24, 2.45) is 0 Å². The molecular formula is C28H24BrN3O6. The Kier molecular flexibility index (Phi) is 8.22. The molecular weight excluding hydrogens is 554 g/mol. The number of urea groups is 1. The third-order valence-corrected chi connectivity index (χ3v) is 6.03. The summed E-state index contributed by atoms with van der Waals surface area (Å²) in [5, 5.41) is 4.95. The number of imide groups is 2. The van der Waals surface area contributed by atoms with Crippen LogP contribution < -0.4 is 25.0 Å². The summed E-state index contributed by atoms with van der Waals surface area (Å²) in [5.74, 6) is -1.34. The molecule has 9 nitrogen and oxygen atoms in total. The smallest absolute Gasteiger partial charge is 0.335 e. The summed E-state index contributed by atoms with van der Waals surface area (Å²) in [4.78, 5) is 51.5. The predicted molar refractivity (Wildman–Crippen MR) is 146 cm³/mol. The Labute approximate surface area is 227 Å². The Hall–Kier alpha value is -4.44. The lowest BCUT2D eigenvalue weighted by molar-refractivity contribution is -0.122. The number of aryl methyl sites for hydroxylation is 1. The first-order valence-corrected chi connectivity index (χ1v) is 12.5. The number of carbonyl (C=O) groups is 4. The third-order valence-electron chi connectivity index (χ3n) is 5.44. The van der Waals surface area contributed by atoms with E-state index in [4.69, 9.17) is 9.47 Å². The van der Waals surface area contributed by atoms with E-state index in [1.54, 1.807) is 67.6 Å². The van der Waals surface area contributed by atoms with Crippen molar-refractivity contribution in [1.82, 2.24) is 5.32 Å². The maximum Gasteiger partial charge on any atom is 0.335 e. The molecule has 2 N–H and O–H groups in total. The molecule has 0 radical (unpaired) electrons. The van der Waals surface area contributed by atoms with Crippen LogP contribution in [0.5, 0.6) is 11.5 Å². The molecule has 1 aliphatic heterocycles. The summed E-state index contributed by atoms with van der Waals surface area (Å²) in [6.45, 7) is 3.69. The van der Waals surface area contributed by atoms with Crippen molar-refractivity contribution in [2.75, 3.05) is 23.4 Å². The number of amides is 5. The molecule has 3 aromatic carbocycles. The number of ether oxygens (including phenoxy) is 2. The van der Waals surface area contributed by atoms with Crippen molar-refractivity contribution in [3.05, 3.63) is 87.9 Å². The third kappa shape index (κ3) is 6.09. The van der Waals surface area contributed by atoms with Crippen molar-refractivity contribution in [3.8, 4) is 11.5 Å². The quantitative estimate of drug-likeness (QED) is 0.292. The number of hydrogen-bond donors (Lipinski definition) is 2. The van der Waals surface area contributed by atoms with Gasteiger partial charge in [-0.2, -0.15) is 0 Å². The Morgan fingerprint density at radius 1 is 1.03 bits per heavy atom. The van der Waals surface area contributed by atoms with Crippen molar-refractivity contribution in [1.29, 1.82) is 0 Å². The molecule has 0 spiro atoms. The van der Waals surface area contributed by atoms with Gasteiger partial charge in [-0.05, 0) is 77.8 Å². The van der Waals surface area contributed by atoms with E-state index in [1.165, 1.54) is 6.08 Å². The van der Waals surface area contributed by atoms with Crippen LogP contribution in [-0.4, -0.2) is 37.0 Å². The Balaban J connectivity index is 1.58. The number of carbonyl (C=O) groups excluding carboxylic acids is 4. The van der Waals surface area contributed by atoms with Gasteiger partial charge in [0.05, 0.1) is 16.8 Å². The Morgan fingerprint density at radius 2 is 1.74 bits per heavy atom. The van der Waals surface area contributed by atoms with Crippen LogP contribution >= 0.6 is 15.9 Å². The first-order chi connectivity index (χ1) is 18.3. The molecule has 1 heterocycles. The van der Waals surface area contributed by atoms with Crippen LogP contribution in [0.15, 0.2) is 76.8 Å². The summed E-state index contributed by atoms with van der Waals surface area (Å²) in [7, 11) is 0. The Morgan fingerprint density at radius 3 is 2.42 bits per heavy atom. The number of para-hydroxylation sites is 1. The molecule has 0 aliphatic carbocycles. The van der Waals surface area contributed by atoms with Gasteiger partial charge in [0, 0.05) is 5.69 Å². The maximum atomic E-state index is 13.2. The number of nitrogens with zero attached hydrogens (tertiary/aromatic N) is 1.